The highest BCUT2D eigenvalue weighted by molar-refractivity contribution is 9.10. The first kappa shape index (κ1) is 28.9. The Kier molecular flexibility index (Phi) is 9.98. The molecule has 0 saturated heterocycles. The molecule has 2 aromatic carbocycles. The minimum Gasteiger partial charge on any atom is -0.503 e. The van der Waals surface area contributed by atoms with Gasteiger partial charge in [-0.05, 0) is 89.6 Å². The van der Waals surface area contributed by atoms with Gasteiger partial charge in [0.1, 0.15) is 6.61 Å². The summed E-state index contributed by atoms with van der Waals surface area (Å²) in [5.41, 5.74) is 2.76. The van der Waals surface area contributed by atoms with Crippen LogP contribution < -0.4 is 15.4 Å². The minimum atomic E-state index is -0.580. The monoisotopic (exact) mass is 564 g/mol. The third-order valence-electron chi connectivity index (χ3n) is 5.43. The standard InChI is InChI=1S/C27H37BrN2O4S/c1-26(2,3)19-10-8-17(9-11-19)12-20(16-34-24(32)27(4,5)6)30-25(35)29-15-18-13-21(28)23(31)22(14-18)33-7/h8-11,13-14,20,31H,12,15-16H2,1-7H3,(H2,29,30,35). The maximum absolute atomic E-state index is 12.4. The summed E-state index contributed by atoms with van der Waals surface area (Å²) in [5, 5.41) is 16.9. The van der Waals surface area contributed by atoms with Gasteiger partial charge in [-0.3, -0.25) is 4.79 Å². The normalized spacial score (nSPS) is 12.6. The Morgan fingerprint density at radius 2 is 1.71 bits per heavy atom. The number of esters is 1. The molecular weight excluding hydrogens is 528 g/mol. The molecule has 0 saturated carbocycles. The van der Waals surface area contributed by atoms with Crippen molar-refractivity contribution in [3.63, 3.8) is 0 Å². The average molecular weight is 566 g/mol. The summed E-state index contributed by atoms with van der Waals surface area (Å²) in [4.78, 5) is 12.4. The molecule has 0 aromatic heterocycles. The fourth-order valence-electron chi connectivity index (χ4n) is 3.27. The molecule has 1 unspecified atom stereocenters. The molecular formula is C27H37BrN2O4S. The molecule has 6 nitrogen and oxygen atoms in total. The van der Waals surface area contributed by atoms with Gasteiger partial charge in [-0.25, -0.2) is 0 Å². The molecule has 8 heteroatoms. The van der Waals surface area contributed by atoms with Gasteiger partial charge in [0.05, 0.1) is 23.0 Å². The van der Waals surface area contributed by atoms with Crippen LogP contribution in [-0.4, -0.2) is 35.9 Å². The molecule has 2 aromatic rings. The zero-order valence-corrected chi connectivity index (χ0v) is 24.0. The molecule has 0 spiro atoms. The average Bonchev–Trinajstić information content (AvgIpc) is 2.77. The number of nitrogens with one attached hydrogen (secondary N) is 2. The molecule has 0 heterocycles. The Balaban J connectivity index is 2.08. The first-order chi connectivity index (χ1) is 16.2. The zero-order valence-electron chi connectivity index (χ0n) is 21.6. The van der Waals surface area contributed by atoms with Gasteiger partial charge in [-0.15, -0.1) is 0 Å². The lowest BCUT2D eigenvalue weighted by molar-refractivity contribution is -0.153. The second-order valence-electron chi connectivity index (χ2n) is 10.7. The second-order valence-corrected chi connectivity index (χ2v) is 11.9. The molecule has 0 fully saturated rings. The fourth-order valence-corrected chi connectivity index (χ4v) is 4.00. The Bertz CT molecular complexity index is 1030. The maximum atomic E-state index is 12.4. The van der Waals surface area contributed by atoms with Crippen molar-refractivity contribution >= 4 is 39.2 Å². The number of aromatic hydroxyl groups is 1. The molecule has 192 valence electrons. The van der Waals surface area contributed by atoms with E-state index in [-0.39, 0.29) is 29.8 Å². The van der Waals surface area contributed by atoms with E-state index >= 15 is 0 Å². The lowest BCUT2D eigenvalue weighted by Crippen LogP contribution is -2.45. The largest absolute Gasteiger partial charge is 0.503 e. The third-order valence-corrected chi connectivity index (χ3v) is 6.29. The van der Waals surface area contributed by atoms with Crippen molar-refractivity contribution in [1.29, 1.82) is 0 Å². The van der Waals surface area contributed by atoms with Crippen LogP contribution in [0, 0.1) is 5.41 Å². The quantitative estimate of drug-likeness (QED) is 0.283. The first-order valence-electron chi connectivity index (χ1n) is 11.6. The number of hydrogen-bond acceptors (Lipinski definition) is 5. The summed E-state index contributed by atoms with van der Waals surface area (Å²) >= 11 is 8.87. The number of halogens is 1. The van der Waals surface area contributed by atoms with E-state index in [4.69, 9.17) is 21.7 Å². The number of benzene rings is 2. The summed E-state index contributed by atoms with van der Waals surface area (Å²) in [7, 11) is 1.50. The molecule has 0 aliphatic heterocycles. The lowest BCUT2D eigenvalue weighted by atomic mass is 9.86. The zero-order chi connectivity index (χ0) is 26.4. The van der Waals surface area contributed by atoms with Crippen molar-refractivity contribution < 1.29 is 19.4 Å². The molecule has 0 bridgehead atoms. The minimum absolute atomic E-state index is 0.0511. The molecule has 35 heavy (non-hydrogen) atoms. The van der Waals surface area contributed by atoms with Crippen LogP contribution >= 0.6 is 28.1 Å². The number of rotatable bonds is 8. The van der Waals surface area contributed by atoms with Crippen molar-refractivity contribution in [2.45, 2.75) is 66.0 Å². The summed E-state index contributed by atoms with van der Waals surface area (Å²) in [6.45, 7) is 12.7. The molecule has 0 amide bonds. The Morgan fingerprint density at radius 1 is 1.09 bits per heavy atom. The molecule has 3 N–H and O–H groups in total. The van der Waals surface area contributed by atoms with E-state index in [1.165, 1.54) is 12.7 Å². The van der Waals surface area contributed by atoms with E-state index in [2.05, 4.69) is 71.6 Å². The third kappa shape index (κ3) is 9.00. The van der Waals surface area contributed by atoms with Crippen LogP contribution in [-0.2, 0) is 27.9 Å². The number of phenolic OH excluding ortho intramolecular Hbond substituents is 1. The molecule has 2 rings (SSSR count). The van der Waals surface area contributed by atoms with E-state index in [1.807, 2.05) is 20.8 Å². The molecule has 1 atom stereocenters. The summed E-state index contributed by atoms with van der Waals surface area (Å²) in [6.07, 6.45) is 0.641. The number of ether oxygens (including phenoxy) is 2. The highest BCUT2D eigenvalue weighted by atomic mass is 79.9. The summed E-state index contributed by atoms with van der Waals surface area (Å²) < 4.78 is 11.4. The molecule has 0 aliphatic rings. The van der Waals surface area contributed by atoms with E-state index in [0.717, 1.165) is 11.1 Å². The fraction of sp³-hybridized carbons (Fsp3) is 0.481. The van der Waals surface area contributed by atoms with E-state index in [0.29, 0.717) is 28.3 Å². The molecule has 0 radical (unpaired) electrons. The second kappa shape index (κ2) is 12.1. The van der Waals surface area contributed by atoms with Crippen LogP contribution in [0.3, 0.4) is 0 Å². The van der Waals surface area contributed by atoms with E-state index in [9.17, 15) is 9.90 Å². The van der Waals surface area contributed by atoms with Gasteiger partial charge in [0.25, 0.3) is 0 Å². The summed E-state index contributed by atoms with van der Waals surface area (Å²) in [6, 6.07) is 11.8. The predicted octanol–water partition coefficient (Wildman–Crippen LogP) is 5.63. The number of phenols is 1. The maximum Gasteiger partial charge on any atom is 0.311 e. The van der Waals surface area contributed by atoms with Gasteiger partial charge >= 0.3 is 5.97 Å². The van der Waals surface area contributed by atoms with Gasteiger partial charge in [0, 0.05) is 6.54 Å². The van der Waals surface area contributed by atoms with Crippen molar-refractivity contribution in [3.05, 3.63) is 57.6 Å². The Hall–Kier alpha value is -2.32. The Labute approximate surface area is 222 Å². The topological polar surface area (TPSA) is 79.8 Å². The number of carbonyl (C=O) groups is 1. The van der Waals surface area contributed by atoms with E-state index < -0.39 is 5.41 Å². The van der Waals surface area contributed by atoms with Gasteiger partial charge in [0.2, 0.25) is 0 Å². The van der Waals surface area contributed by atoms with Gasteiger partial charge in [-0.1, -0.05) is 45.0 Å². The Morgan fingerprint density at radius 3 is 2.26 bits per heavy atom. The highest BCUT2D eigenvalue weighted by Gasteiger charge is 2.25. The SMILES string of the molecule is COc1cc(CNC(=S)NC(COC(=O)C(C)(C)C)Cc2ccc(C(C)(C)C)cc2)cc(Br)c1O. The number of hydrogen-bond donors (Lipinski definition) is 3. The van der Waals surface area contributed by atoms with Crippen molar-refractivity contribution in [1.82, 2.24) is 10.6 Å². The van der Waals surface area contributed by atoms with Crippen molar-refractivity contribution in [3.8, 4) is 11.5 Å². The van der Waals surface area contributed by atoms with Gasteiger partial charge in [-0.2, -0.15) is 0 Å². The smallest absolute Gasteiger partial charge is 0.311 e. The highest BCUT2D eigenvalue weighted by Crippen LogP contribution is 2.35. The van der Waals surface area contributed by atoms with Crippen LogP contribution in [0.1, 0.15) is 58.2 Å². The lowest BCUT2D eigenvalue weighted by Gasteiger charge is -2.24. The van der Waals surface area contributed by atoms with Crippen LogP contribution in [0.25, 0.3) is 0 Å². The van der Waals surface area contributed by atoms with Crippen LogP contribution in [0.5, 0.6) is 11.5 Å². The van der Waals surface area contributed by atoms with Crippen LogP contribution in [0.4, 0.5) is 0 Å². The molecule has 0 aliphatic carbocycles. The van der Waals surface area contributed by atoms with Crippen LogP contribution in [0.15, 0.2) is 40.9 Å². The summed E-state index contributed by atoms with van der Waals surface area (Å²) in [5.74, 6) is 0.170. The van der Waals surface area contributed by atoms with Gasteiger partial charge < -0.3 is 25.2 Å². The van der Waals surface area contributed by atoms with Crippen molar-refractivity contribution in [2.75, 3.05) is 13.7 Å². The predicted molar refractivity (Wildman–Crippen MR) is 148 cm³/mol. The number of carbonyl (C=O) groups excluding carboxylic acids is 1. The van der Waals surface area contributed by atoms with Crippen molar-refractivity contribution in [2.24, 2.45) is 5.41 Å². The van der Waals surface area contributed by atoms with Gasteiger partial charge in [0.15, 0.2) is 16.6 Å². The van der Waals surface area contributed by atoms with Crippen LogP contribution in [0.2, 0.25) is 0 Å². The number of thiocarbonyl (C=S) groups is 1. The van der Waals surface area contributed by atoms with E-state index in [1.54, 1.807) is 12.1 Å². The number of methoxy groups -OCH3 is 1. The first-order valence-corrected chi connectivity index (χ1v) is 12.8.